The molecule has 0 aliphatic carbocycles. The van der Waals surface area contributed by atoms with Crippen molar-refractivity contribution in [3.8, 4) is 0 Å². The van der Waals surface area contributed by atoms with Crippen LogP contribution >= 0.6 is 11.5 Å². The van der Waals surface area contributed by atoms with Crippen molar-refractivity contribution in [2.24, 2.45) is 5.92 Å². The van der Waals surface area contributed by atoms with Gasteiger partial charge in [-0.2, -0.15) is 4.37 Å². The fraction of sp³-hybridized carbons (Fsp3) is 0.778. The van der Waals surface area contributed by atoms with E-state index in [1.165, 1.54) is 11.5 Å². The summed E-state index contributed by atoms with van der Waals surface area (Å²) in [6.07, 6.45) is 1.64. The SMILES string of the molecule is CNC(C)C(c1ncns1)C(C)C. The molecule has 0 spiro atoms. The van der Waals surface area contributed by atoms with Crippen LogP contribution < -0.4 is 5.32 Å². The second-order valence-corrected chi connectivity index (χ2v) is 4.44. The molecule has 0 aromatic carbocycles. The molecule has 2 atom stereocenters. The predicted molar refractivity (Wildman–Crippen MR) is 56.0 cm³/mol. The van der Waals surface area contributed by atoms with E-state index in [0.29, 0.717) is 17.9 Å². The predicted octanol–water partition coefficient (Wildman–Crippen LogP) is 1.89. The molecule has 3 nitrogen and oxygen atoms in total. The third-order valence-corrected chi connectivity index (χ3v) is 3.14. The van der Waals surface area contributed by atoms with Crippen LogP contribution in [-0.4, -0.2) is 22.4 Å². The van der Waals surface area contributed by atoms with E-state index < -0.39 is 0 Å². The van der Waals surface area contributed by atoms with Crippen molar-refractivity contribution >= 4 is 11.5 Å². The molecular weight excluding hydrogens is 182 g/mol. The Balaban J connectivity index is 2.80. The highest BCUT2D eigenvalue weighted by Crippen LogP contribution is 2.28. The van der Waals surface area contributed by atoms with Crippen molar-refractivity contribution in [2.45, 2.75) is 32.7 Å². The monoisotopic (exact) mass is 199 g/mol. The minimum atomic E-state index is 0.452. The van der Waals surface area contributed by atoms with Gasteiger partial charge in [-0.1, -0.05) is 13.8 Å². The van der Waals surface area contributed by atoms with E-state index in [9.17, 15) is 0 Å². The molecule has 1 heterocycles. The Bertz CT molecular complexity index is 233. The van der Waals surface area contributed by atoms with Gasteiger partial charge in [0.25, 0.3) is 0 Å². The van der Waals surface area contributed by atoms with Crippen LogP contribution in [0, 0.1) is 5.92 Å². The van der Waals surface area contributed by atoms with E-state index in [-0.39, 0.29) is 0 Å². The Morgan fingerprint density at radius 3 is 2.46 bits per heavy atom. The lowest BCUT2D eigenvalue weighted by atomic mass is 9.90. The molecule has 0 amide bonds. The highest BCUT2D eigenvalue weighted by molar-refractivity contribution is 7.05. The van der Waals surface area contributed by atoms with Gasteiger partial charge >= 0.3 is 0 Å². The zero-order chi connectivity index (χ0) is 9.84. The lowest BCUT2D eigenvalue weighted by Crippen LogP contribution is -2.31. The van der Waals surface area contributed by atoms with Crippen LogP contribution in [0.3, 0.4) is 0 Å². The van der Waals surface area contributed by atoms with E-state index in [1.54, 1.807) is 6.33 Å². The topological polar surface area (TPSA) is 37.8 Å². The summed E-state index contributed by atoms with van der Waals surface area (Å²) < 4.78 is 4.04. The maximum absolute atomic E-state index is 4.27. The molecule has 0 radical (unpaired) electrons. The minimum Gasteiger partial charge on any atom is -0.317 e. The molecular formula is C9H17N3S. The first-order chi connectivity index (χ1) is 6.16. The Labute approximate surface area is 83.8 Å². The summed E-state index contributed by atoms with van der Waals surface area (Å²) in [7, 11) is 1.99. The van der Waals surface area contributed by atoms with Gasteiger partial charge in [0, 0.05) is 12.0 Å². The quantitative estimate of drug-likeness (QED) is 0.804. The molecule has 1 rings (SSSR count). The Kier molecular flexibility index (Phi) is 3.81. The van der Waals surface area contributed by atoms with Crippen LogP contribution in [0.15, 0.2) is 6.33 Å². The number of hydrogen-bond donors (Lipinski definition) is 1. The Hall–Kier alpha value is -0.480. The number of nitrogens with zero attached hydrogens (tertiary/aromatic N) is 2. The third-order valence-electron chi connectivity index (χ3n) is 2.38. The standard InChI is InChI=1S/C9H17N3S/c1-6(2)8(7(3)10-4)9-11-5-12-13-9/h5-8,10H,1-4H3. The zero-order valence-electron chi connectivity index (χ0n) is 8.61. The molecule has 0 saturated carbocycles. The molecule has 74 valence electrons. The van der Waals surface area contributed by atoms with Gasteiger partial charge < -0.3 is 5.32 Å². The van der Waals surface area contributed by atoms with Gasteiger partial charge in [-0.05, 0) is 31.4 Å². The van der Waals surface area contributed by atoms with Gasteiger partial charge in [-0.3, -0.25) is 0 Å². The summed E-state index contributed by atoms with van der Waals surface area (Å²) >= 11 is 1.50. The van der Waals surface area contributed by atoms with Crippen molar-refractivity contribution in [1.29, 1.82) is 0 Å². The van der Waals surface area contributed by atoms with Crippen LogP contribution in [0.1, 0.15) is 31.7 Å². The molecule has 0 fully saturated rings. The average molecular weight is 199 g/mol. The van der Waals surface area contributed by atoms with Gasteiger partial charge in [-0.25, -0.2) is 4.98 Å². The van der Waals surface area contributed by atoms with Crippen molar-refractivity contribution in [3.63, 3.8) is 0 Å². The Morgan fingerprint density at radius 2 is 2.08 bits per heavy atom. The fourth-order valence-electron chi connectivity index (χ4n) is 1.58. The molecule has 4 heteroatoms. The van der Waals surface area contributed by atoms with E-state index in [0.717, 1.165) is 5.01 Å². The normalized spacial score (nSPS) is 16.1. The summed E-state index contributed by atoms with van der Waals surface area (Å²) in [6, 6.07) is 0.452. The van der Waals surface area contributed by atoms with Gasteiger partial charge in [0.2, 0.25) is 0 Å². The first kappa shape index (κ1) is 10.6. The minimum absolute atomic E-state index is 0.452. The van der Waals surface area contributed by atoms with E-state index in [1.807, 2.05) is 7.05 Å². The second-order valence-electron chi connectivity index (χ2n) is 3.63. The Morgan fingerprint density at radius 1 is 1.38 bits per heavy atom. The van der Waals surface area contributed by atoms with Crippen LogP contribution in [0.5, 0.6) is 0 Å². The molecule has 1 N–H and O–H groups in total. The van der Waals surface area contributed by atoms with Crippen LogP contribution in [0.4, 0.5) is 0 Å². The molecule has 2 unspecified atom stereocenters. The number of rotatable bonds is 4. The molecule has 1 aromatic heterocycles. The fourth-order valence-corrected chi connectivity index (χ4v) is 2.48. The van der Waals surface area contributed by atoms with Crippen molar-refractivity contribution < 1.29 is 0 Å². The highest BCUT2D eigenvalue weighted by Gasteiger charge is 2.24. The largest absolute Gasteiger partial charge is 0.317 e. The molecule has 13 heavy (non-hydrogen) atoms. The van der Waals surface area contributed by atoms with Crippen molar-refractivity contribution in [2.75, 3.05) is 7.05 Å². The maximum atomic E-state index is 4.27. The molecule has 0 aliphatic rings. The summed E-state index contributed by atoms with van der Waals surface area (Å²) in [6.45, 7) is 6.63. The smallest absolute Gasteiger partial charge is 0.129 e. The highest BCUT2D eigenvalue weighted by atomic mass is 32.1. The number of hydrogen-bond acceptors (Lipinski definition) is 4. The van der Waals surface area contributed by atoms with E-state index in [2.05, 4.69) is 35.4 Å². The van der Waals surface area contributed by atoms with E-state index in [4.69, 9.17) is 0 Å². The van der Waals surface area contributed by atoms with Crippen molar-refractivity contribution in [1.82, 2.24) is 14.7 Å². The van der Waals surface area contributed by atoms with Gasteiger partial charge in [-0.15, -0.1) is 0 Å². The second kappa shape index (κ2) is 4.67. The first-order valence-electron chi connectivity index (χ1n) is 4.60. The summed E-state index contributed by atoms with van der Waals surface area (Å²) in [4.78, 5) is 4.27. The van der Waals surface area contributed by atoms with Gasteiger partial charge in [0.15, 0.2) is 0 Å². The third kappa shape index (κ3) is 2.48. The van der Waals surface area contributed by atoms with Crippen LogP contribution in [0.2, 0.25) is 0 Å². The first-order valence-corrected chi connectivity index (χ1v) is 5.38. The molecule has 0 saturated heterocycles. The lowest BCUT2D eigenvalue weighted by Gasteiger charge is -2.24. The summed E-state index contributed by atoms with van der Waals surface area (Å²) in [5.41, 5.74) is 0. The van der Waals surface area contributed by atoms with Gasteiger partial charge in [0.05, 0.1) is 0 Å². The molecule has 0 aliphatic heterocycles. The van der Waals surface area contributed by atoms with Crippen molar-refractivity contribution in [3.05, 3.63) is 11.3 Å². The maximum Gasteiger partial charge on any atom is 0.129 e. The summed E-state index contributed by atoms with van der Waals surface area (Å²) in [5.74, 6) is 1.06. The van der Waals surface area contributed by atoms with E-state index >= 15 is 0 Å². The average Bonchev–Trinajstić information content (AvgIpc) is 2.56. The molecule has 1 aromatic rings. The molecule has 0 bridgehead atoms. The zero-order valence-corrected chi connectivity index (χ0v) is 9.43. The van der Waals surface area contributed by atoms with Crippen LogP contribution in [0.25, 0.3) is 0 Å². The lowest BCUT2D eigenvalue weighted by molar-refractivity contribution is 0.394. The number of nitrogens with one attached hydrogen (secondary N) is 1. The number of aromatic nitrogens is 2. The number of likely N-dealkylation sites (N-methyl/N-ethyl adjacent to an activating group) is 1. The van der Waals surface area contributed by atoms with Crippen LogP contribution in [-0.2, 0) is 0 Å². The summed E-state index contributed by atoms with van der Waals surface area (Å²) in [5, 5.41) is 4.41. The van der Waals surface area contributed by atoms with Gasteiger partial charge in [0.1, 0.15) is 11.3 Å².